The lowest BCUT2D eigenvalue weighted by atomic mass is 9.96. The van der Waals surface area contributed by atoms with Crippen molar-refractivity contribution in [2.75, 3.05) is 6.54 Å². The lowest BCUT2D eigenvalue weighted by Gasteiger charge is -2.15. The number of aryl methyl sites for hydroxylation is 2. The van der Waals surface area contributed by atoms with Crippen LogP contribution in [0.4, 0.5) is 0 Å². The summed E-state index contributed by atoms with van der Waals surface area (Å²) in [7, 11) is 0. The normalized spacial score (nSPS) is 10.9. The molecule has 4 heteroatoms. The zero-order valence-corrected chi connectivity index (χ0v) is 10.9. The third-order valence-electron chi connectivity index (χ3n) is 2.38. The Bertz CT molecular complexity index is 421. The molecule has 1 rings (SSSR count). The second-order valence-corrected chi connectivity index (χ2v) is 5.78. The van der Waals surface area contributed by atoms with Gasteiger partial charge in [-0.05, 0) is 39.3 Å². The van der Waals surface area contributed by atoms with E-state index in [-0.39, 0.29) is 5.91 Å². The van der Waals surface area contributed by atoms with Crippen LogP contribution < -0.4 is 5.32 Å². The maximum Gasteiger partial charge on any atom is 0.261 e. The van der Waals surface area contributed by atoms with E-state index in [2.05, 4.69) is 11.4 Å². The summed E-state index contributed by atoms with van der Waals surface area (Å²) in [4.78, 5) is 13.6. The summed E-state index contributed by atoms with van der Waals surface area (Å²) in [6, 6.07) is 4.04. The molecule has 1 amide bonds. The summed E-state index contributed by atoms with van der Waals surface area (Å²) in [5.74, 6) is -0.0930. The van der Waals surface area contributed by atoms with Crippen molar-refractivity contribution in [3.8, 4) is 6.07 Å². The van der Waals surface area contributed by atoms with Crippen molar-refractivity contribution in [3.63, 3.8) is 0 Å². The molecule has 0 fully saturated rings. The first-order valence-electron chi connectivity index (χ1n) is 5.12. The van der Waals surface area contributed by atoms with Gasteiger partial charge < -0.3 is 5.32 Å². The first-order valence-corrected chi connectivity index (χ1v) is 5.94. The first-order chi connectivity index (χ1) is 7.35. The van der Waals surface area contributed by atoms with E-state index >= 15 is 0 Å². The number of hydrogen-bond acceptors (Lipinski definition) is 3. The number of thiophene rings is 1. The van der Waals surface area contributed by atoms with E-state index in [4.69, 9.17) is 5.26 Å². The molecule has 1 aromatic rings. The Morgan fingerprint density at radius 1 is 1.56 bits per heavy atom. The molecule has 3 nitrogen and oxygen atoms in total. The van der Waals surface area contributed by atoms with Gasteiger partial charge in [0.25, 0.3) is 5.91 Å². The third-order valence-corrected chi connectivity index (χ3v) is 3.53. The lowest BCUT2D eigenvalue weighted by Crippen LogP contribution is -2.32. The molecular formula is C12H16N2OS. The second kappa shape index (κ2) is 4.67. The summed E-state index contributed by atoms with van der Waals surface area (Å²) in [5.41, 5.74) is 0.617. The summed E-state index contributed by atoms with van der Waals surface area (Å²) in [6.45, 7) is 7.96. The Morgan fingerprint density at radius 2 is 2.19 bits per heavy atom. The van der Waals surface area contributed by atoms with Crippen molar-refractivity contribution < 1.29 is 4.79 Å². The number of nitriles is 1. The highest BCUT2D eigenvalue weighted by Crippen LogP contribution is 2.20. The molecule has 0 radical (unpaired) electrons. The SMILES string of the molecule is Cc1cc(C(=O)NCC(C)(C)C#N)sc1C. The molecule has 0 spiro atoms. The van der Waals surface area contributed by atoms with Crippen LogP contribution >= 0.6 is 11.3 Å². The molecule has 0 saturated heterocycles. The molecule has 0 bridgehead atoms. The average molecular weight is 236 g/mol. The van der Waals surface area contributed by atoms with E-state index in [1.54, 1.807) is 13.8 Å². The molecule has 0 unspecified atom stereocenters. The Labute approximate surface area is 100 Å². The molecule has 0 aliphatic rings. The van der Waals surface area contributed by atoms with E-state index in [0.29, 0.717) is 11.4 Å². The molecular weight excluding hydrogens is 220 g/mol. The molecule has 0 aliphatic heterocycles. The number of nitrogens with zero attached hydrogens (tertiary/aromatic N) is 1. The maximum atomic E-state index is 11.8. The van der Waals surface area contributed by atoms with Gasteiger partial charge in [0.1, 0.15) is 0 Å². The Morgan fingerprint density at radius 3 is 2.62 bits per heavy atom. The zero-order valence-electron chi connectivity index (χ0n) is 10.0. The molecule has 0 atom stereocenters. The summed E-state index contributed by atoms with van der Waals surface area (Å²) in [6.07, 6.45) is 0. The minimum absolute atomic E-state index is 0.0930. The van der Waals surface area contributed by atoms with Gasteiger partial charge in [0, 0.05) is 11.4 Å². The van der Waals surface area contributed by atoms with Crippen LogP contribution in [0, 0.1) is 30.6 Å². The average Bonchev–Trinajstić information content (AvgIpc) is 2.56. The van der Waals surface area contributed by atoms with Crippen LogP contribution in [0.15, 0.2) is 6.07 Å². The van der Waals surface area contributed by atoms with Crippen molar-refractivity contribution in [1.29, 1.82) is 5.26 Å². The molecule has 1 N–H and O–H groups in total. The van der Waals surface area contributed by atoms with Gasteiger partial charge >= 0.3 is 0 Å². The highest BCUT2D eigenvalue weighted by molar-refractivity contribution is 7.14. The second-order valence-electron chi connectivity index (χ2n) is 4.53. The summed E-state index contributed by atoms with van der Waals surface area (Å²) < 4.78 is 0. The number of amides is 1. The molecule has 0 aromatic carbocycles. The van der Waals surface area contributed by atoms with Gasteiger partial charge in [0.2, 0.25) is 0 Å². The van der Waals surface area contributed by atoms with Gasteiger partial charge in [-0.25, -0.2) is 0 Å². The van der Waals surface area contributed by atoms with Crippen molar-refractivity contribution in [1.82, 2.24) is 5.32 Å². The highest BCUT2D eigenvalue weighted by Gasteiger charge is 2.19. The Hall–Kier alpha value is -1.34. The van der Waals surface area contributed by atoms with E-state index < -0.39 is 5.41 Å². The van der Waals surface area contributed by atoms with E-state index in [1.165, 1.54) is 11.3 Å². The van der Waals surface area contributed by atoms with Crippen LogP contribution in [-0.2, 0) is 0 Å². The topological polar surface area (TPSA) is 52.9 Å². The lowest BCUT2D eigenvalue weighted by molar-refractivity contribution is 0.0948. The van der Waals surface area contributed by atoms with E-state index in [1.807, 2.05) is 19.9 Å². The maximum absolute atomic E-state index is 11.8. The van der Waals surface area contributed by atoms with Gasteiger partial charge in [-0.1, -0.05) is 0 Å². The van der Waals surface area contributed by atoms with Crippen molar-refractivity contribution in [2.24, 2.45) is 5.41 Å². The largest absolute Gasteiger partial charge is 0.350 e. The standard InChI is InChI=1S/C12H16N2OS/c1-8-5-10(16-9(8)2)11(15)14-7-12(3,4)6-13/h5H,7H2,1-4H3,(H,14,15). The molecule has 0 aliphatic carbocycles. The molecule has 86 valence electrons. The quantitative estimate of drug-likeness (QED) is 0.877. The zero-order chi connectivity index (χ0) is 12.3. The van der Waals surface area contributed by atoms with Crippen LogP contribution in [0.1, 0.15) is 34.0 Å². The van der Waals surface area contributed by atoms with Gasteiger partial charge in [-0.2, -0.15) is 5.26 Å². The van der Waals surface area contributed by atoms with Crippen LogP contribution in [0.3, 0.4) is 0 Å². The number of nitrogens with one attached hydrogen (secondary N) is 1. The van der Waals surface area contributed by atoms with Crippen molar-refractivity contribution in [2.45, 2.75) is 27.7 Å². The van der Waals surface area contributed by atoms with E-state index in [0.717, 1.165) is 10.4 Å². The Kier molecular flexibility index (Phi) is 3.71. The van der Waals surface area contributed by atoms with Gasteiger partial charge in [-0.15, -0.1) is 11.3 Å². The fourth-order valence-corrected chi connectivity index (χ4v) is 2.06. The summed E-state index contributed by atoms with van der Waals surface area (Å²) >= 11 is 1.49. The number of carbonyl (C=O) groups is 1. The highest BCUT2D eigenvalue weighted by atomic mass is 32.1. The molecule has 16 heavy (non-hydrogen) atoms. The first kappa shape index (κ1) is 12.7. The minimum atomic E-state index is -0.517. The van der Waals surface area contributed by atoms with Gasteiger partial charge in [-0.3, -0.25) is 4.79 Å². The fraction of sp³-hybridized carbons (Fsp3) is 0.500. The van der Waals surface area contributed by atoms with Crippen molar-refractivity contribution in [3.05, 3.63) is 21.4 Å². The van der Waals surface area contributed by atoms with Crippen LogP contribution in [0.25, 0.3) is 0 Å². The smallest absolute Gasteiger partial charge is 0.261 e. The minimum Gasteiger partial charge on any atom is -0.350 e. The number of rotatable bonds is 3. The summed E-state index contributed by atoms with van der Waals surface area (Å²) in [5, 5.41) is 11.6. The van der Waals surface area contributed by atoms with Crippen LogP contribution in [0.5, 0.6) is 0 Å². The van der Waals surface area contributed by atoms with Crippen LogP contribution in [0.2, 0.25) is 0 Å². The predicted molar refractivity (Wildman–Crippen MR) is 65.5 cm³/mol. The molecule has 1 heterocycles. The fourth-order valence-electron chi connectivity index (χ4n) is 1.11. The van der Waals surface area contributed by atoms with Gasteiger partial charge in [0.15, 0.2) is 0 Å². The van der Waals surface area contributed by atoms with Gasteiger partial charge in [0.05, 0.1) is 16.4 Å². The molecule has 1 aromatic heterocycles. The van der Waals surface area contributed by atoms with E-state index in [9.17, 15) is 4.79 Å². The Balaban J connectivity index is 2.64. The number of carbonyl (C=O) groups excluding carboxylic acids is 1. The van der Waals surface area contributed by atoms with Crippen molar-refractivity contribution >= 4 is 17.2 Å². The molecule has 0 saturated carbocycles. The van der Waals surface area contributed by atoms with Crippen LogP contribution in [-0.4, -0.2) is 12.5 Å². The number of hydrogen-bond donors (Lipinski definition) is 1. The monoisotopic (exact) mass is 236 g/mol. The predicted octanol–water partition coefficient (Wildman–Crippen LogP) is 2.64. The third kappa shape index (κ3) is 3.07.